The van der Waals surface area contributed by atoms with E-state index in [4.69, 9.17) is 9.47 Å². The van der Waals surface area contributed by atoms with Gasteiger partial charge in [0.05, 0.1) is 13.0 Å². The summed E-state index contributed by atoms with van der Waals surface area (Å²) in [5.41, 5.74) is 2.21. The Morgan fingerprint density at radius 3 is 2.78 bits per heavy atom. The first-order chi connectivity index (χ1) is 13.2. The van der Waals surface area contributed by atoms with Crippen molar-refractivity contribution in [1.29, 1.82) is 0 Å². The molecule has 2 aromatic rings. The zero-order valence-corrected chi connectivity index (χ0v) is 15.9. The van der Waals surface area contributed by atoms with E-state index in [1.807, 2.05) is 35.4 Å². The molecule has 0 radical (unpaired) electrons. The summed E-state index contributed by atoms with van der Waals surface area (Å²) < 4.78 is 11.1. The van der Waals surface area contributed by atoms with Gasteiger partial charge in [0.2, 0.25) is 5.91 Å². The van der Waals surface area contributed by atoms with E-state index in [1.165, 1.54) is 5.56 Å². The fraction of sp³-hybridized carbons (Fsp3) is 0.429. The fourth-order valence-corrected chi connectivity index (χ4v) is 3.86. The van der Waals surface area contributed by atoms with Gasteiger partial charge in [0.15, 0.2) is 0 Å². The molecule has 142 valence electrons. The van der Waals surface area contributed by atoms with Gasteiger partial charge in [0, 0.05) is 32.4 Å². The van der Waals surface area contributed by atoms with Gasteiger partial charge in [-0.3, -0.25) is 4.79 Å². The Balaban J connectivity index is 1.39. The molecule has 0 saturated carbocycles. The molecule has 0 aliphatic carbocycles. The average molecular weight is 367 g/mol. The molecule has 1 atom stereocenters. The van der Waals surface area contributed by atoms with E-state index in [9.17, 15) is 4.79 Å². The zero-order chi connectivity index (χ0) is 18.8. The van der Waals surface area contributed by atoms with E-state index in [0.29, 0.717) is 13.0 Å². The smallest absolute Gasteiger partial charge is 0.229 e. The van der Waals surface area contributed by atoms with Gasteiger partial charge in [0.25, 0.3) is 0 Å². The molecule has 0 spiro atoms. The van der Waals surface area contributed by atoms with Crippen molar-refractivity contribution >= 4 is 11.7 Å². The highest BCUT2D eigenvalue weighted by Crippen LogP contribution is 2.31. The number of fused-ring (bicyclic) bond motifs is 1. The molecule has 2 aliphatic heterocycles. The molecule has 1 aromatic carbocycles. The highest BCUT2D eigenvalue weighted by atomic mass is 16.5. The van der Waals surface area contributed by atoms with Crippen molar-refractivity contribution in [2.75, 3.05) is 44.8 Å². The third-order valence-corrected chi connectivity index (χ3v) is 5.40. The summed E-state index contributed by atoms with van der Waals surface area (Å²) in [6.07, 6.45) is 2.52. The first-order valence-corrected chi connectivity index (χ1v) is 9.41. The van der Waals surface area contributed by atoms with Gasteiger partial charge in [-0.2, -0.15) is 0 Å². The summed E-state index contributed by atoms with van der Waals surface area (Å²) in [5.74, 6) is 2.72. The molecule has 1 saturated heterocycles. The number of amides is 1. The number of methoxy groups -OCH3 is 1. The first-order valence-electron chi connectivity index (χ1n) is 9.41. The maximum Gasteiger partial charge on any atom is 0.229 e. The van der Waals surface area contributed by atoms with Crippen LogP contribution in [-0.2, 0) is 11.2 Å². The lowest BCUT2D eigenvalue weighted by Crippen LogP contribution is -2.52. The van der Waals surface area contributed by atoms with Crippen LogP contribution in [0.2, 0.25) is 0 Å². The van der Waals surface area contributed by atoms with Crippen molar-refractivity contribution in [2.24, 2.45) is 5.92 Å². The summed E-state index contributed by atoms with van der Waals surface area (Å²) in [6, 6.07) is 9.80. The van der Waals surface area contributed by atoms with Crippen molar-refractivity contribution in [2.45, 2.75) is 13.3 Å². The minimum atomic E-state index is -0.132. The van der Waals surface area contributed by atoms with Crippen LogP contribution < -0.4 is 14.4 Å². The molecule has 6 nitrogen and oxygen atoms in total. The van der Waals surface area contributed by atoms with Gasteiger partial charge in [-0.15, -0.1) is 0 Å². The van der Waals surface area contributed by atoms with Gasteiger partial charge in [-0.05, 0) is 48.7 Å². The Hall–Kier alpha value is -2.76. The molecule has 27 heavy (non-hydrogen) atoms. The molecular formula is C21H25N3O3. The van der Waals surface area contributed by atoms with Crippen molar-refractivity contribution in [3.8, 4) is 11.5 Å². The van der Waals surface area contributed by atoms with Gasteiger partial charge in [-0.1, -0.05) is 6.07 Å². The number of aryl methyl sites for hydroxylation is 1. The molecular weight excluding hydrogens is 342 g/mol. The van der Waals surface area contributed by atoms with Gasteiger partial charge < -0.3 is 19.3 Å². The maximum atomic E-state index is 13.0. The summed E-state index contributed by atoms with van der Waals surface area (Å²) in [6.45, 7) is 5.57. The predicted molar refractivity (Wildman–Crippen MR) is 103 cm³/mol. The van der Waals surface area contributed by atoms with Crippen LogP contribution in [0, 0.1) is 12.8 Å². The summed E-state index contributed by atoms with van der Waals surface area (Å²) in [7, 11) is 1.65. The Labute approximate surface area is 159 Å². The number of aromatic nitrogens is 1. The predicted octanol–water partition coefficient (Wildman–Crippen LogP) is 2.30. The topological polar surface area (TPSA) is 54.9 Å². The van der Waals surface area contributed by atoms with Crippen molar-refractivity contribution in [3.63, 3.8) is 0 Å². The SMILES string of the molecule is COc1ccc2c(c1)C[C@H](C(=O)N1CCN(c3ncccc3C)CC1)CO2. The maximum absolute atomic E-state index is 13.0. The second-order valence-corrected chi connectivity index (χ2v) is 7.14. The standard InChI is InChI=1S/C21H25N3O3/c1-15-4-3-7-22-20(15)23-8-10-24(11-9-23)21(25)17-12-16-13-18(26-2)5-6-19(16)27-14-17/h3-7,13,17H,8-12,14H2,1-2H3/t17-/m0/s1. The number of ether oxygens (including phenoxy) is 2. The van der Waals surface area contributed by atoms with Gasteiger partial charge >= 0.3 is 0 Å². The lowest BCUT2D eigenvalue weighted by molar-refractivity contribution is -0.137. The normalized spacial score (nSPS) is 19.3. The number of carbonyl (C=O) groups excluding carboxylic acids is 1. The van der Waals surface area contributed by atoms with Crippen LogP contribution in [0.3, 0.4) is 0 Å². The number of benzene rings is 1. The number of pyridine rings is 1. The number of piperazine rings is 1. The number of anilines is 1. The highest BCUT2D eigenvalue weighted by Gasteiger charge is 2.31. The molecule has 1 amide bonds. The molecule has 0 N–H and O–H groups in total. The Bertz CT molecular complexity index is 831. The minimum absolute atomic E-state index is 0.132. The van der Waals surface area contributed by atoms with E-state index in [1.54, 1.807) is 7.11 Å². The number of hydrogen-bond acceptors (Lipinski definition) is 5. The summed E-state index contributed by atoms with van der Waals surface area (Å²) in [5, 5.41) is 0. The molecule has 0 bridgehead atoms. The summed E-state index contributed by atoms with van der Waals surface area (Å²) >= 11 is 0. The summed E-state index contributed by atoms with van der Waals surface area (Å²) in [4.78, 5) is 21.7. The van der Waals surface area contributed by atoms with Crippen LogP contribution >= 0.6 is 0 Å². The highest BCUT2D eigenvalue weighted by molar-refractivity contribution is 5.80. The molecule has 2 aliphatic rings. The first kappa shape index (κ1) is 17.6. The second kappa shape index (κ2) is 7.47. The third kappa shape index (κ3) is 3.56. The largest absolute Gasteiger partial charge is 0.497 e. The van der Waals surface area contributed by atoms with Crippen LogP contribution in [0.25, 0.3) is 0 Å². The van der Waals surface area contributed by atoms with Crippen molar-refractivity contribution < 1.29 is 14.3 Å². The Morgan fingerprint density at radius 2 is 2.04 bits per heavy atom. The van der Waals surface area contributed by atoms with Crippen LogP contribution in [0.15, 0.2) is 36.5 Å². The van der Waals surface area contributed by atoms with E-state index in [-0.39, 0.29) is 11.8 Å². The molecule has 1 aromatic heterocycles. The van der Waals surface area contributed by atoms with E-state index >= 15 is 0 Å². The number of nitrogens with zero attached hydrogens (tertiary/aromatic N) is 3. The molecule has 6 heteroatoms. The van der Waals surface area contributed by atoms with E-state index < -0.39 is 0 Å². The van der Waals surface area contributed by atoms with Crippen LogP contribution in [0.5, 0.6) is 11.5 Å². The number of rotatable bonds is 3. The quantitative estimate of drug-likeness (QED) is 0.833. The Kier molecular flexibility index (Phi) is 4.88. The molecule has 1 fully saturated rings. The molecule has 4 rings (SSSR count). The molecule has 3 heterocycles. The van der Waals surface area contributed by atoms with Crippen LogP contribution in [0.1, 0.15) is 11.1 Å². The molecule has 0 unspecified atom stereocenters. The van der Waals surface area contributed by atoms with E-state index in [2.05, 4.69) is 22.9 Å². The second-order valence-electron chi connectivity index (χ2n) is 7.14. The van der Waals surface area contributed by atoms with Crippen LogP contribution in [-0.4, -0.2) is 55.7 Å². The zero-order valence-electron chi connectivity index (χ0n) is 15.9. The monoisotopic (exact) mass is 367 g/mol. The van der Waals surface area contributed by atoms with Crippen LogP contribution in [0.4, 0.5) is 5.82 Å². The number of carbonyl (C=O) groups is 1. The lowest BCUT2D eigenvalue weighted by Gasteiger charge is -2.38. The average Bonchev–Trinajstić information content (AvgIpc) is 2.73. The fourth-order valence-electron chi connectivity index (χ4n) is 3.86. The third-order valence-electron chi connectivity index (χ3n) is 5.40. The van der Waals surface area contributed by atoms with Crippen molar-refractivity contribution in [1.82, 2.24) is 9.88 Å². The van der Waals surface area contributed by atoms with E-state index in [0.717, 1.165) is 49.1 Å². The van der Waals surface area contributed by atoms with Gasteiger partial charge in [0.1, 0.15) is 23.9 Å². The van der Waals surface area contributed by atoms with Gasteiger partial charge in [-0.25, -0.2) is 4.98 Å². The number of hydrogen-bond donors (Lipinski definition) is 0. The minimum Gasteiger partial charge on any atom is -0.497 e. The Morgan fingerprint density at radius 1 is 1.22 bits per heavy atom. The lowest BCUT2D eigenvalue weighted by atomic mass is 9.95. The van der Waals surface area contributed by atoms with Crippen molar-refractivity contribution in [3.05, 3.63) is 47.7 Å².